The van der Waals surface area contributed by atoms with Crippen LogP contribution < -0.4 is 10.2 Å². The van der Waals surface area contributed by atoms with Crippen molar-refractivity contribution < 1.29 is 4.52 Å². The van der Waals surface area contributed by atoms with E-state index < -0.39 is 0 Å². The second-order valence-electron chi connectivity index (χ2n) is 6.75. The Bertz CT molecular complexity index is 1100. The fourth-order valence-corrected chi connectivity index (χ4v) is 3.08. The van der Waals surface area contributed by atoms with E-state index in [0.29, 0.717) is 40.0 Å². The molecule has 6 nitrogen and oxygen atoms in total. The number of nitrogens with zero attached hydrogens (tertiary/aromatic N) is 4. The Morgan fingerprint density at radius 2 is 1.71 bits per heavy atom. The van der Waals surface area contributed by atoms with Crippen molar-refractivity contribution in [3.05, 3.63) is 64.9 Å². The van der Waals surface area contributed by atoms with Crippen molar-refractivity contribution in [3.63, 3.8) is 0 Å². The number of hydrogen-bond acceptors (Lipinski definition) is 6. The van der Waals surface area contributed by atoms with Crippen LogP contribution in [0.2, 0.25) is 5.02 Å². The van der Waals surface area contributed by atoms with Gasteiger partial charge in [0.15, 0.2) is 5.82 Å². The number of aromatic nitrogens is 3. The van der Waals surface area contributed by atoms with Gasteiger partial charge in [0.25, 0.3) is 0 Å². The van der Waals surface area contributed by atoms with Crippen molar-refractivity contribution in [2.45, 2.75) is 13.5 Å². The van der Waals surface area contributed by atoms with Crippen molar-refractivity contribution in [2.75, 3.05) is 24.3 Å². The van der Waals surface area contributed by atoms with Crippen molar-refractivity contribution in [1.82, 2.24) is 15.1 Å². The van der Waals surface area contributed by atoms with Gasteiger partial charge in [-0.15, -0.1) is 0 Å². The third-order valence-electron chi connectivity index (χ3n) is 4.46. The number of rotatable bonds is 5. The van der Waals surface area contributed by atoms with Crippen LogP contribution in [0.4, 0.5) is 11.5 Å². The first-order valence-electron chi connectivity index (χ1n) is 8.91. The fourth-order valence-electron chi connectivity index (χ4n) is 2.96. The highest BCUT2D eigenvalue weighted by atomic mass is 35.5. The lowest BCUT2D eigenvalue weighted by Crippen LogP contribution is -2.08. The lowest BCUT2D eigenvalue weighted by atomic mass is 10.1. The minimum absolute atomic E-state index is 0.542. The molecule has 0 saturated carbocycles. The molecule has 0 atom stereocenters. The number of halogens is 1. The van der Waals surface area contributed by atoms with Gasteiger partial charge >= 0.3 is 0 Å². The molecule has 0 aliphatic heterocycles. The average Bonchev–Trinajstić information content (AvgIpc) is 3.11. The molecule has 142 valence electrons. The predicted molar refractivity (Wildman–Crippen MR) is 113 cm³/mol. The number of hydrogen-bond donors (Lipinski definition) is 1. The standard InChI is InChI=1S/C21H20ClN5O/c1-13-24-19-18(15-6-8-16(22)9-7-15)26-28-20(19)21(25-13)23-12-14-4-10-17(11-5-14)27(2)3/h4-11H,12H2,1-3H3,(H,23,24,25). The minimum Gasteiger partial charge on any atom is -0.378 e. The quantitative estimate of drug-likeness (QED) is 0.518. The molecule has 0 amide bonds. The number of nitrogens with one attached hydrogen (secondary N) is 1. The van der Waals surface area contributed by atoms with Crippen LogP contribution in [0.1, 0.15) is 11.4 Å². The van der Waals surface area contributed by atoms with Gasteiger partial charge in [0.1, 0.15) is 17.0 Å². The third kappa shape index (κ3) is 3.64. The van der Waals surface area contributed by atoms with E-state index in [9.17, 15) is 0 Å². The number of benzene rings is 2. The Labute approximate surface area is 168 Å². The van der Waals surface area contributed by atoms with E-state index in [1.54, 1.807) is 0 Å². The van der Waals surface area contributed by atoms with Gasteiger partial charge in [0.2, 0.25) is 5.58 Å². The first kappa shape index (κ1) is 18.3. The van der Waals surface area contributed by atoms with Crippen LogP contribution >= 0.6 is 11.6 Å². The van der Waals surface area contributed by atoms with E-state index in [4.69, 9.17) is 16.1 Å². The lowest BCUT2D eigenvalue weighted by Gasteiger charge is -2.13. The monoisotopic (exact) mass is 393 g/mol. The minimum atomic E-state index is 0.542. The van der Waals surface area contributed by atoms with Crippen LogP contribution in [-0.2, 0) is 6.54 Å². The predicted octanol–water partition coefficient (Wildman–Crippen LogP) is 4.92. The summed E-state index contributed by atoms with van der Waals surface area (Å²) in [6.07, 6.45) is 0. The molecule has 0 aliphatic carbocycles. The van der Waals surface area contributed by atoms with Gasteiger partial charge in [0, 0.05) is 36.9 Å². The maximum Gasteiger partial charge on any atom is 0.228 e. The Morgan fingerprint density at radius 1 is 1.00 bits per heavy atom. The van der Waals surface area contributed by atoms with Crippen LogP contribution in [0.3, 0.4) is 0 Å². The summed E-state index contributed by atoms with van der Waals surface area (Å²) in [5.41, 5.74) is 5.10. The Kier molecular flexibility index (Phi) is 4.88. The highest BCUT2D eigenvalue weighted by molar-refractivity contribution is 6.30. The van der Waals surface area contributed by atoms with Gasteiger partial charge in [-0.3, -0.25) is 0 Å². The molecule has 0 unspecified atom stereocenters. The molecule has 0 bridgehead atoms. The molecule has 0 aliphatic rings. The number of aryl methyl sites for hydroxylation is 1. The van der Waals surface area contributed by atoms with E-state index in [-0.39, 0.29) is 0 Å². The Morgan fingerprint density at radius 3 is 2.39 bits per heavy atom. The lowest BCUT2D eigenvalue weighted by molar-refractivity contribution is 0.459. The molecule has 2 aromatic heterocycles. The highest BCUT2D eigenvalue weighted by Crippen LogP contribution is 2.31. The first-order chi connectivity index (χ1) is 13.5. The van der Waals surface area contributed by atoms with Crippen LogP contribution in [-0.4, -0.2) is 29.2 Å². The SMILES string of the molecule is Cc1nc(NCc2ccc(N(C)C)cc2)c2onc(-c3ccc(Cl)cc3)c2n1. The summed E-state index contributed by atoms with van der Waals surface area (Å²) < 4.78 is 5.58. The van der Waals surface area contributed by atoms with E-state index >= 15 is 0 Å². The first-order valence-corrected chi connectivity index (χ1v) is 9.29. The maximum absolute atomic E-state index is 5.99. The van der Waals surface area contributed by atoms with Gasteiger partial charge in [0.05, 0.1) is 0 Å². The Hall–Kier alpha value is -3.12. The maximum atomic E-state index is 5.99. The molecule has 4 rings (SSSR count). The zero-order chi connectivity index (χ0) is 19.7. The molecule has 0 saturated heterocycles. The van der Waals surface area contributed by atoms with Gasteiger partial charge in [-0.2, -0.15) is 0 Å². The summed E-state index contributed by atoms with van der Waals surface area (Å²) in [4.78, 5) is 11.1. The van der Waals surface area contributed by atoms with Crippen molar-refractivity contribution in [3.8, 4) is 11.3 Å². The zero-order valence-corrected chi connectivity index (χ0v) is 16.7. The second-order valence-corrected chi connectivity index (χ2v) is 7.19. The molecule has 1 N–H and O–H groups in total. The largest absolute Gasteiger partial charge is 0.378 e. The fraction of sp³-hybridized carbons (Fsp3) is 0.190. The van der Waals surface area contributed by atoms with Crippen LogP contribution in [0.5, 0.6) is 0 Å². The molecule has 28 heavy (non-hydrogen) atoms. The van der Waals surface area contributed by atoms with Crippen LogP contribution in [0.25, 0.3) is 22.4 Å². The Balaban J connectivity index is 1.63. The van der Waals surface area contributed by atoms with E-state index in [1.807, 2.05) is 45.3 Å². The molecular weight excluding hydrogens is 374 g/mol. The van der Waals surface area contributed by atoms with Gasteiger partial charge in [-0.05, 0) is 36.8 Å². The third-order valence-corrected chi connectivity index (χ3v) is 4.71. The van der Waals surface area contributed by atoms with E-state index in [2.05, 4.69) is 49.6 Å². The van der Waals surface area contributed by atoms with Crippen molar-refractivity contribution in [1.29, 1.82) is 0 Å². The summed E-state index contributed by atoms with van der Waals surface area (Å²) in [6.45, 7) is 2.48. The summed E-state index contributed by atoms with van der Waals surface area (Å²) in [7, 11) is 4.05. The number of anilines is 2. The number of fused-ring (bicyclic) bond motifs is 1. The van der Waals surface area contributed by atoms with E-state index in [0.717, 1.165) is 16.8 Å². The van der Waals surface area contributed by atoms with Crippen molar-refractivity contribution >= 4 is 34.2 Å². The molecule has 0 spiro atoms. The van der Waals surface area contributed by atoms with Gasteiger partial charge < -0.3 is 14.7 Å². The second kappa shape index (κ2) is 7.48. The molecule has 2 heterocycles. The normalized spacial score (nSPS) is 11.0. The molecule has 2 aromatic carbocycles. The molecule has 4 aromatic rings. The van der Waals surface area contributed by atoms with Crippen LogP contribution in [0, 0.1) is 6.92 Å². The summed E-state index contributed by atoms with van der Waals surface area (Å²) in [5, 5.41) is 8.24. The molecule has 0 fully saturated rings. The smallest absolute Gasteiger partial charge is 0.228 e. The summed E-state index contributed by atoms with van der Waals surface area (Å²) in [6, 6.07) is 15.8. The average molecular weight is 394 g/mol. The van der Waals surface area contributed by atoms with Crippen molar-refractivity contribution in [2.24, 2.45) is 0 Å². The summed E-state index contributed by atoms with van der Waals surface area (Å²) in [5.74, 6) is 1.28. The van der Waals surface area contributed by atoms with E-state index in [1.165, 1.54) is 0 Å². The molecular formula is C21H20ClN5O. The highest BCUT2D eigenvalue weighted by Gasteiger charge is 2.17. The summed E-state index contributed by atoms with van der Waals surface area (Å²) >= 11 is 5.99. The van der Waals surface area contributed by atoms with Gasteiger partial charge in [-0.25, -0.2) is 9.97 Å². The zero-order valence-electron chi connectivity index (χ0n) is 15.9. The topological polar surface area (TPSA) is 67.1 Å². The van der Waals surface area contributed by atoms with Crippen LogP contribution in [0.15, 0.2) is 53.1 Å². The van der Waals surface area contributed by atoms with Gasteiger partial charge in [-0.1, -0.05) is 41.0 Å². The molecule has 7 heteroatoms. The molecule has 0 radical (unpaired) electrons.